The lowest BCUT2D eigenvalue weighted by molar-refractivity contribution is -0.122. The Hall–Kier alpha value is -2.38. The topological polar surface area (TPSA) is 53.8 Å². The van der Waals surface area contributed by atoms with Crippen molar-refractivity contribution < 1.29 is 18.4 Å². The van der Waals surface area contributed by atoms with Crippen LogP contribution < -0.4 is 0 Å². The third kappa shape index (κ3) is 4.00. The van der Waals surface area contributed by atoms with Crippen LogP contribution in [0, 0.1) is 5.82 Å². The molecule has 0 aliphatic carbocycles. The first-order valence-corrected chi connectivity index (χ1v) is 8.51. The standard InChI is InChI=1S/C18H17FN2O3S/c1-20(2)9-10-21-17(22)16(25-18(21)23)11-14-7-8-15(24-14)12-3-5-13(19)6-4-12/h3-8,11H,9-10H2,1-2H3/b16-11-. The molecular weight excluding hydrogens is 343 g/mol. The van der Waals surface area contributed by atoms with Crippen molar-refractivity contribution in [3.63, 3.8) is 0 Å². The van der Waals surface area contributed by atoms with Gasteiger partial charge in [0.2, 0.25) is 0 Å². The zero-order valence-corrected chi connectivity index (χ0v) is 14.7. The normalized spacial score (nSPS) is 16.5. The number of halogens is 1. The van der Waals surface area contributed by atoms with Gasteiger partial charge in [0.25, 0.3) is 11.1 Å². The Morgan fingerprint density at radius 3 is 2.56 bits per heavy atom. The SMILES string of the molecule is CN(C)CCN1C(=O)S/C(=C\c2ccc(-c3ccc(F)cc3)o2)C1=O. The summed E-state index contributed by atoms with van der Waals surface area (Å²) in [6, 6.07) is 9.41. The summed E-state index contributed by atoms with van der Waals surface area (Å²) in [7, 11) is 3.77. The number of nitrogens with zero attached hydrogens (tertiary/aromatic N) is 2. The number of thioether (sulfide) groups is 1. The Bertz CT molecular complexity index is 827. The number of rotatable bonds is 5. The fourth-order valence-electron chi connectivity index (χ4n) is 2.32. The molecule has 1 saturated heterocycles. The van der Waals surface area contributed by atoms with Gasteiger partial charge in [0, 0.05) is 24.7 Å². The molecule has 2 aromatic rings. The second-order valence-corrected chi connectivity index (χ2v) is 6.84. The molecule has 25 heavy (non-hydrogen) atoms. The van der Waals surface area contributed by atoms with E-state index < -0.39 is 0 Å². The van der Waals surface area contributed by atoms with Crippen LogP contribution in [0.3, 0.4) is 0 Å². The molecule has 0 N–H and O–H groups in total. The number of likely N-dealkylation sites (N-methyl/N-ethyl adjacent to an activating group) is 1. The van der Waals surface area contributed by atoms with Gasteiger partial charge < -0.3 is 9.32 Å². The van der Waals surface area contributed by atoms with Gasteiger partial charge >= 0.3 is 0 Å². The highest BCUT2D eigenvalue weighted by molar-refractivity contribution is 8.18. The summed E-state index contributed by atoms with van der Waals surface area (Å²) in [4.78, 5) is 27.8. The van der Waals surface area contributed by atoms with E-state index in [0.29, 0.717) is 29.5 Å². The van der Waals surface area contributed by atoms with Gasteiger partial charge in [0.1, 0.15) is 17.3 Å². The van der Waals surface area contributed by atoms with E-state index in [0.717, 1.165) is 17.3 Å². The quantitative estimate of drug-likeness (QED) is 0.762. The molecule has 7 heteroatoms. The number of carbonyl (C=O) groups is 2. The molecular formula is C18H17FN2O3S. The molecule has 5 nitrogen and oxygen atoms in total. The van der Waals surface area contributed by atoms with Crippen LogP contribution in [0.5, 0.6) is 0 Å². The largest absolute Gasteiger partial charge is 0.457 e. The van der Waals surface area contributed by atoms with E-state index in [9.17, 15) is 14.0 Å². The molecule has 0 unspecified atom stereocenters. The van der Waals surface area contributed by atoms with Crippen LogP contribution in [-0.2, 0) is 4.79 Å². The summed E-state index contributed by atoms with van der Waals surface area (Å²) >= 11 is 0.906. The third-order valence-corrected chi connectivity index (χ3v) is 4.58. The first kappa shape index (κ1) is 17.4. The minimum atomic E-state index is -0.318. The third-order valence-electron chi connectivity index (χ3n) is 3.67. The average molecular weight is 360 g/mol. The molecule has 2 heterocycles. The number of imide groups is 1. The molecule has 1 aromatic carbocycles. The van der Waals surface area contributed by atoms with E-state index in [2.05, 4.69) is 0 Å². The second-order valence-electron chi connectivity index (χ2n) is 5.85. The Morgan fingerprint density at radius 1 is 1.16 bits per heavy atom. The molecule has 1 fully saturated rings. The van der Waals surface area contributed by atoms with Crippen LogP contribution in [0.1, 0.15) is 5.76 Å². The molecule has 0 spiro atoms. The van der Waals surface area contributed by atoms with E-state index in [-0.39, 0.29) is 17.0 Å². The summed E-state index contributed by atoms with van der Waals surface area (Å²) in [5, 5.41) is -0.275. The smallest absolute Gasteiger partial charge is 0.293 e. The maximum absolute atomic E-state index is 13.0. The molecule has 1 aromatic heterocycles. The van der Waals surface area contributed by atoms with Gasteiger partial charge in [0.05, 0.1) is 4.91 Å². The lowest BCUT2D eigenvalue weighted by atomic mass is 10.2. The predicted octanol–water partition coefficient (Wildman–Crippen LogP) is 3.68. The molecule has 0 saturated carbocycles. The Labute approximate surface area is 149 Å². The van der Waals surface area contributed by atoms with Gasteiger partial charge in [-0.3, -0.25) is 14.5 Å². The van der Waals surface area contributed by atoms with Gasteiger partial charge in [-0.25, -0.2) is 4.39 Å². The van der Waals surface area contributed by atoms with E-state index in [1.54, 1.807) is 30.3 Å². The minimum absolute atomic E-state index is 0.275. The van der Waals surface area contributed by atoms with Gasteiger partial charge in [-0.1, -0.05) is 0 Å². The fraction of sp³-hybridized carbons (Fsp3) is 0.222. The second kappa shape index (κ2) is 7.25. The number of furan rings is 1. The minimum Gasteiger partial charge on any atom is -0.457 e. The van der Waals surface area contributed by atoms with Crippen molar-refractivity contribution >= 4 is 29.0 Å². The molecule has 2 amide bonds. The van der Waals surface area contributed by atoms with Crippen molar-refractivity contribution in [1.82, 2.24) is 9.80 Å². The fourth-order valence-corrected chi connectivity index (χ4v) is 3.17. The van der Waals surface area contributed by atoms with Crippen LogP contribution in [-0.4, -0.2) is 48.1 Å². The van der Waals surface area contributed by atoms with Crippen molar-refractivity contribution in [2.45, 2.75) is 0 Å². The van der Waals surface area contributed by atoms with Crippen LogP contribution in [0.25, 0.3) is 17.4 Å². The van der Waals surface area contributed by atoms with Gasteiger partial charge in [0.15, 0.2) is 0 Å². The number of carbonyl (C=O) groups excluding carboxylic acids is 2. The van der Waals surface area contributed by atoms with Crippen molar-refractivity contribution in [3.8, 4) is 11.3 Å². The van der Waals surface area contributed by atoms with E-state index in [4.69, 9.17) is 4.42 Å². The number of benzene rings is 1. The lowest BCUT2D eigenvalue weighted by Gasteiger charge is -2.15. The lowest BCUT2D eigenvalue weighted by Crippen LogP contribution is -2.34. The van der Waals surface area contributed by atoms with Gasteiger partial charge in [-0.2, -0.15) is 0 Å². The zero-order chi connectivity index (χ0) is 18.0. The van der Waals surface area contributed by atoms with E-state index >= 15 is 0 Å². The zero-order valence-electron chi connectivity index (χ0n) is 13.9. The molecule has 1 aliphatic rings. The maximum Gasteiger partial charge on any atom is 0.293 e. The van der Waals surface area contributed by atoms with Crippen molar-refractivity contribution in [2.24, 2.45) is 0 Å². The molecule has 1 aliphatic heterocycles. The first-order valence-electron chi connectivity index (χ1n) is 7.70. The Morgan fingerprint density at radius 2 is 1.88 bits per heavy atom. The molecule has 0 bridgehead atoms. The van der Waals surface area contributed by atoms with Crippen LogP contribution in [0.4, 0.5) is 9.18 Å². The monoisotopic (exact) mass is 360 g/mol. The Kier molecular flexibility index (Phi) is 5.06. The predicted molar refractivity (Wildman–Crippen MR) is 95.3 cm³/mol. The van der Waals surface area contributed by atoms with E-state index in [1.165, 1.54) is 17.0 Å². The first-order chi connectivity index (χ1) is 11.9. The average Bonchev–Trinajstić information content (AvgIpc) is 3.12. The highest BCUT2D eigenvalue weighted by Crippen LogP contribution is 2.33. The van der Waals surface area contributed by atoms with Crippen molar-refractivity contribution in [3.05, 3.63) is 52.9 Å². The van der Waals surface area contributed by atoms with Crippen LogP contribution in [0.15, 0.2) is 45.7 Å². The molecule has 3 rings (SSSR count). The molecule has 130 valence electrons. The molecule has 0 radical (unpaired) electrons. The summed E-state index contributed by atoms with van der Waals surface area (Å²) < 4.78 is 18.7. The van der Waals surface area contributed by atoms with Crippen molar-refractivity contribution in [1.29, 1.82) is 0 Å². The number of hydrogen-bond acceptors (Lipinski definition) is 5. The van der Waals surface area contributed by atoms with E-state index in [1.807, 2.05) is 19.0 Å². The number of amides is 2. The van der Waals surface area contributed by atoms with Crippen molar-refractivity contribution in [2.75, 3.05) is 27.2 Å². The van der Waals surface area contributed by atoms with Crippen LogP contribution >= 0.6 is 11.8 Å². The van der Waals surface area contributed by atoms with Gasteiger partial charge in [-0.15, -0.1) is 0 Å². The summed E-state index contributed by atoms with van der Waals surface area (Å²) in [6.07, 6.45) is 1.56. The maximum atomic E-state index is 13.0. The highest BCUT2D eigenvalue weighted by Gasteiger charge is 2.34. The van der Waals surface area contributed by atoms with Gasteiger partial charge in [-0.05, 0) is 62.3 Å². The van der Waals surface area contributed by atoms with Crippen LogP contribution in [0.2, 0.25) is 0 Å². The number of hydrogen-bond donors (Lipinski definition) is 0. The molecule has 0 atom stereocenters. The summed E-state index contributed by atoms with van der Waals surface area (Å²) in [5.74, 6) is 0.411. The summed E-state index contributed by atoms with van der Waals surface area (Å²) in [5.41, 5.74) is 0.736. The highest BCUT2D eigenvalue weighted by atomic mass is 32.2. The summed E-state index contributed by atoms with van der Waals surface area (Å²) in [6.45, 7) is 0.967. The Balaban J connectivity index is 1.76.